The summed E-state index contributed by atoms with van der Waals surface area (Å²) in [5.74, 6) is 0.960. The van der Waals surface area contributed by atoms with Crippen molar-refractivity contribution in [2.45, 2.75) is 113 Å². The molecule has 0 radical (unpaired) electrons. The van der Waals surface area contributed by atoms with Crippen LogP contribution in [0.5, 0.6) is 0 Å². The molecule has 2 aliphatic heterocycles. The first-order valence-corrected chi connectivity index (χ1v) is 16.0. The zero-order valence-electron chi connectivity index (χ0n) is 26.4. The molecule has 0 saturated heterocycles. The van der Waals surface area contributed by atoms with Gasteiger partial charge in [-0.3, -0.25) is 4.99 Å². The minimum atomic E-state index is 0. The van der Waals surface area contributed by atoms with Gasteiger partial charge in [-0.05, 0) is 68.1 Å². The van der Waals surface area contributed by atoms with Gasteiger partial charge in [-0.25, -0.2) is 0 Å². The van der Waals surface area contributed by atoms with E-state index in [2.05, 4.69) is 84.7 Å². The third-order valence-electron chi connectivity index (χ3n) is 9.57. The molecule has 0 spiro atoms. The summed E-state index contributed by atoms with van der Waals surface area (Å²) in [5.41, 5.74) is 11.8. The Hall–Kier alpha value is -2.32. The minimum Gasteiger partial charge on any atom is -0.658 e. The van der Waals surface area contributed by atoms with E-state index in [9.17, 15) is 0 Å². The number of aliphatic imine (C=N–C) groups is 1. The number of hydrogen-bond donors (Lipinski definition) is 1. The second-order valence-corrected chi connectivity index (χ2v) is 11.4. The van der Waals surface area contributed by atoms with E-state index in [0.29, 0.717) is 11.8 Å². The smallest absolute Gasteiger partial charge is 0.658 e. The third kappa shape index (κ3) is 5.47. The first kappa shape index (κ1) is 31.6. The fraction of sp³-hybridized carbons (Fsp3) is 0.528. The van der Waals surface area contributed by atoms with E-state index in [1.54, 1.807) is 0 Å². The molecule has 0 fully saturated rings. The SMILES string of the molecule is CCc1c2[n-]c(c1CC)/C=c1\[nH]/c(c(CC)c1CC)=C\C1=NC(/C=c3\[n-]/c(c(CC)c3CC)=C\2)C(CC)C1CC.[Pt+2]. The van der Waals surface area contributed by atoms with E-state index in [0.717, 1.165) is 73.5 Å². The molecule has 2 aliphatic rings. The average molecular weight is 732 g/mol. The maximum absolute atomic E-state index is 5.43. The van der Waals surface area contributed by atoms with Crippen molar-refractivity contribution in [3.63, 3.8) is 0 Å². The summed E-state index contributed by atoms with van der Waals surface area (Å²) in [6.07, 6.45) is 17.5. The number of rotatable bonds is 8. The number of nitrogens with zero attached hydrogens (tertiary/aromatic N) is 3. The number of aromatic amines is 1. The first-order chi connectivity index (χ1) is 19.5. The Kier molecular flexibility index (Phi) is 10.3. The molecule has 0 aliphatic carbocycles. The first-order valence-electron chi connectivity index (χ1n) is 16.0. The quantitative estimate of drug-likeness (QED) is 0.374. The summed E-state index contributed by atoms with van der Waals surface area (Å²) < 4.78 is 0. The van der Waals surface area contributed by atoms with Crippen molar-refractivity contribution >= 4 is 30.0 Å². The fourth-order valence-corrected chi connectivity index (χ4v) is 7.64. The van der Waals surface area contributed by atoms with E-state index >= 15 is 0 Å². The van der Waals surface area contributed by atoms with Gasteiger partial charge in [-0.2, -0.15) is 0 Å². The number of fused-ring (bicyclic) bond motifs is 7. The van der Waals surface area contributed by atoms with Gasteiger partial charge in [0.2, 0.25) is 0 Å². The van der Waals surface area contributed by atoms with Crippen LogP contribution in [0.3, 0.4) is 0 Å². The molecule has 0 aromatic carbocycles. The summed E-state index contributed by atoms with van der Waals surface area (Å²) >= 11 is 0. The largest absolute Gasteiger partial charge is 2.00 e. The van der Waals surface area contributed by atoms with Gasteiger partial charge in [-0.1, -0.05) is 102 Å². The van der Waals surface area contributed by atoms with Crippen LogP contribution < -0.4 is 31.4 Å². The molecular formula is C36H48N4Pt. The maximum atomic E-state index is 5.43. The summed E-state index contributed by atoms with van der Waals surface area (Å²) in [5, 5.41) is 4.67. The molecule has 222 valence electrons. The van der Waals surface area contributed by atoms with Crippen LogP contribution in [0.1, 0.15) is 113 Å². The van der Waals surface area contributed by atoms with Gasteiger partial charge < -0.3 is 15.0 Å². The molecule has 0 amide bonds. The predicted molar refractivity (Wildman–Crippen MR) is 170 cm³/mol. The minimum absolute atomic E-state index is 0. The Morgan fingerprint density at radius 1 is 0.610 bits per heavy atom. The van der Waals surface area contributed by atoms with Crippen LogP contribution in [-0.2, 0) is 59.6 Å². The summed E-state index contributed by atoms with van der Waals surface area (Å²) in [6.45, 7) is 18.3. The summed E-state index contributed by atoms with van der Waals surface area (Å²) in [4.78, 5) is 19.9. The van der Waals surface area contributed by atoms with E-state index in [1.165, 1.54) is 49.8 Å². The van der Waals surface area contributed by atoms with Gasteiger partial charge in [0.05, 0.1) is 6.04 Å². The van der Waals surface area contributed by atoms with Crippen LogP contribution in [-0.4, -0.2) is 16.7 Å². The number of H-pyrrole nitrogens is 1. The monoisotopic (exact) mass is 731 g/mol. The molecule has 0 saturated carbocycles. The normalized spacial score (nSPS) is 22.8. The average Bonchev–Trinajstić information content (AvgIpc) is 3.67. The molecule has 3 unspecified atom stereocenters. The molecule has 1 N–H and O–H groups in total. The predicted octanol–water partition coefficient (Wildman–Crippen LogP) is 4.41. The molecule has 41 heavy (non-hydrogen) atoms. The van der Waals surface area contributed by atoms with Gasteiger partial charge in [0.25, 0.3) is 0 Å². The van der Waals surface area contributed by atoms with Crippen molar-refractivity contribution in [3.05, 3.63) is 66.2 Å². The second-order valence-electron chi connectivity index (χ2n) is 11.4. The maximum Gasteiger partial charge on any atom is 2.00 e. The number of aromatic nitrogens is 3. The van der Waals surface area contributed by atoms with Crippen LogP contribution in [0.4, 0.5) is 0 Å². The Morgan fingerprint density at radius 2 is 1.15 bits per heavy atom. The molecule has 5 heteroatoms. The van der Waals surface area contributed by atoms with Crippen molar-refractivity contribution in [1.82, 2.24) is 15.0 Å². The second kappa shape index (κ2) is 13.3. The van der Waals surface area contributed by atoms with Crippen LogP contribution >= 0.6 is 0 Å². The molecule has 3 aromatic heterocycles. The molecule has 3 aromatic rings. The van der Waals surface area contributed by atoms with E-state index in [1.807, 2.05) is 0 Å². The molecule has 4 nitrogen and oxygen atoms in total. The van der Waals surface area contributed by atoms with Gasteiger partial charge in [0.15, 0.2) is 0 Å². The van der Waals surface area contributed by atoms with E-state index in [-0.39, 0.29) is 27.1 Å². The Balaban J connectivity index is 0.00000387. The fourth-order valence-electron chi connectivity index (χ4n) is 7.64. The molecule has 3 atom stereocenters. The van der Waals surface area contributed by atoms with Crippen LogP contribution in [0.2, 0.25) is 0 Å². The van der Waals surface area contributed by atoms with Crippen molar-refractivity contribution in [2.24, 2.45) is 16.8 Å². The van der Waals surface area contributed by atoms with Crippen molar-refractivity contribution in [2.75, 3.05) is 0 Å². The van der Waals surface area contributed by atoms with E-state index in [4.69, 9.17) is 15.0 Å². The van der Waals surface area contributed by atoms with Crippen molar-refractivity contribution in [1.29, 1.82) is 0 Å². The van der Waals surface area contributed by atoms with Crippen molar-refractivity contribution < 1.29 is 21.1 Å². The third-order valence-corrected chi connectivity index (χ3v) is 9.57. The Labute approximate surface area is 260 Å². The molecular weight excluding hydrogens is 684 g/mol. The molecule has 5 rings (SSSR count). The molecule has 5 heterocycles. The van der Waals surface area contributed by atoms with Gasteiger partial charge in [0, 0.05) is 22.3 Å². The summed E-state index contributed by atoms with van der Waals surface area (Å²) in [6, 6.07) is 0.158. The van der Waals surface area contributed by atoms with Crippen LogP contribution in [0, 0.1) is 11.8 Å². The number of hydrogen-bond acceptors (Lipinski definition) is 1. The zero-order chi connectivity index (χ0) is 28.6. The summed E-state index contributed by atoms with van der Waals surface area (Å²) in [7, 11) is 0. The van der Waals surface area contributed by atoms with Gasteiger partial charge in [0.1, 0.15) is 0 Å². The molecule has 8 bridgehead atoms. The van der Waals surface area contributed by atoms with Crippen molar-refractivity contribution in [3.8, 4) is 0 Å². The Bertz CT molecular complexity index is 1660. The van der Waals surface area contributed by atoms with E-state index < -0.39 is 0 Å². The topological polar surface area (TPSA) is 56.4 Å². The number of nitrogens with one attached hydrogen (secondary N) is 1. The Morgan fingerprint density at radius 3 is 1.68 bits per heavy atom. The van der Waals surface area contributed by atoms with Crippen LogP contribution in [0.25, 0.3) is 24.3 Å². The standard InChI is InChI=1S/C36H48N4.Pt/c1-9-21-22(10-2)30-18-32-25(13-5)26(14-6)34(39-32)20-36-28(16-8)27(15-7)35(40-36)19-33-24(12-4)23(11-3)31(38-33)17-29(21)37-30;/h17-22,29,39H,9-16H2,1-8H3;/q-2;+2/b31-17-,32-18-,33-19-,34-20-;. The van der Waals surface area contributed by atoms with Gasteiger partial charge >= 0.3 is 21.1 Å². The van der Waals surface area contributed by atoms with Gasteiger partial charge in [-0.15, -0.1) is 22.1 Å². The van der Waals surface area contributed by atoms with Crippen LogP contribution in [0.15, 0.2) is 4.99 Å². The zero-order valence-corrected chi connectivity index (χ0v) is 28.6.